The molecule has 2 aliphatic rings. The average Bonchev–Trinajstić information content (AvgIpc) is 3.40. The first kappa shape index (κ1) is 18.3. The Morgan fingerprint density at radius 2 is 2.07 bits per heavy atom. The number of carbonyl (C=O) groups is 3. The summed E-state index contributed by atoms with van der Waals surface area (Å²) >= 11 is 0. The third-order valence-corrected chi connectivity index (χ3v) is 5.81. The maximum Gasteiger partial charge on any atom is 0.322 e. The van der Waals surface area contributed by atoms with Gasteiger partial charge in [-0.25, -0.2) is 4.79 Å². The van der Waals surface area contributed by atoms with Gasteiger partial charge in [-0.3, -0.25) is 20.0 Å². The van der Waals surface area contributed by atoms with Crippen LogP contribution in [0.4, 0.5) is 4.79 Å². The van der Waals surface area contributed by atoms with E-state index in [1.165, 1.54) is 0 Å². The number of aryl methyl sites for hydroxylation is 1. The molecule has 2 aliphatic heterocycles. The number of hydrogen-bond donors (Lipinski definition) is 3. The fraction of sp³-hybridized carbons (Fsp3) is 0.474. The molecule has 0 radical (unpaired) electrons. The van der Waals surface area contributed by atoms with Crippen molar-refractivity contribution in [1.82, 2.24) is 25.7 Å². The number of carbonyl (C=O) groups excluding carboxylic acids is 3. The molecule has 3 N–H and O–H groups in total. The van der Waals surface area contributed by atoms with Crippen molar-refractivity contribution < 1.29 is 18.8 Å². The van der Waals surface area contributed by atoms with Crippen LogP contribution in [-0.2, 0) is 4.79 Å². The van der Waals surface area contributed by atoms with E-state index < -0.39 is 11.6 Å². The van der Waals surface area contributed by atoms with E-state index in [1.54, 1.807) is 11.0 Å². The van der Waals surface area contributed by atoms with E-state index in [-0.39, 0.29) is 17.7 Å². The number of aromatic nitrogens is 2. The SMILES string of the molecule is CCC1(C2CCN(C(=O)c3cc(-c4ccc(C)o4)[nH]n3)CC2)NC(=O)NC1=O. The minimum Gasteiger partial charge on any atom is -0.460 e. The van der Waals surface area contributed by atoms with Crippen molar-refractivity contribution in [2.45, 2.75) is 38.6 Å². The molecule has 4 heterocycles. The van der Waals surface area contributed by atoms with Gasteiger partial charge in [0.05, 0.1) is 0 Å². The first-order valence-electron chi connectivity index (χ1n) is 9.48. The zero-order valence-corrected chi connectivity index (χ0v) is 15.9. The maximum absolute atomic E-state index is 12.8. The minimum atomic E-state index is -0.872. The molecule has 2 fully saturated rings. The van der Waals surface area contributed by atoms with E-state index in [4.69, 9.17) is 4.42 Å². The number of imide groups is 1. The predicted molar refractivity (Wildman–Crippen MR) is 99.4 cm³/mol. The molecule has 0 spiro atoms. The van der Waals surface area contributed by atoms with Gasteiger partial charge in [0, 0.05) is 19.2 Å². The summed E-state index contributed by atoms with van der Waals surface area (Å²) in [6.07, 6.45) is 1.80. The van der Waals surface area contributed by atoms with Crippen molar-refractivity contribution >= 4 is 17.8 Å². The normalized spacial score (nSPS) is 23.0. The van der Waals surface area contributed by atoms with Gasteiger partial charge < -0.3 is 14.6 Å². The van der Waals surface area contributed by atoms with Gasteiger partial charge in [0.1, 0.15) is 17.0 Å². The van der Waals surface area contributed by atoms with Crippen molar-refractivity contribution in [3.63, 3.8) is 0 Å². The number of aromatic amines is 1. The Balaban J connectivity index is 1.43. The fourth-order valence-electron chi connectivity index (χ4n) is 4.20. The molecule has 4 amide bonds. The van der Waals surface area contributed by atoms with Crippen LogP contribution in [0.15, 0.2) is 22.6 Å². The number of hydrogen-bond acceptors (Lipinski definition) is 5. The Bertz CT molecular complexity index is 924. The summed E-state index contributed by atoms with van der Waals surface area (Å²) in [4.78, 5) is 38.5. The van der Waals surface area contributed by atoms with Gasteiger partial charge in [-0.05, 0) is 44.2 Å². The van der Waals surface area contributed by atoms with Gasteiger partial charge >= 0.3 is 6.03 Å². The molecule has 0 saturated carbocycles. The van der Waals surface area contributed by atoms with E-state index in [9.17, 15) is 14.4 Å². The number of nitrogens with one attached hydrogen (secondary N) is 3. The van der Waals surface area contributed by atoms with Crippen LogP contribution in [0, 0.1) is 12.8 Å². The van der Waals surface area contributed by atoms with Crippen LogP contribution >= 0.6 is 0 Å². The third-order valence-electron chi connectivity index (χ3n) is 5.81. The molecular weight excluding hydrogens is 362 g/mol. The molecule has 2 aromatic heterocycles. The van der Waals surface area contributed by atoms with Crippen molar-refractivity contribution in [2.24, 2.45) is 5.92 Å². The van der Waals surface area contributed by atoms with E-state index >= 15 is 0 Å². The lowest BCUT2D eigenvalue weighted by Crippen LogP contribution is -2.56. The number of amides is 4. The summed E-state index contributed by atoms with van der Waals surface area (Å²) in [5.41, 5.74) is 0.115. The molecular formula is C19H23N5O4. The van der Waals surface area contributed by atoms with Crippen molar-refractivity contribution in [2.75, 3.05) is 13.1 Å². The highest BCUT2D eigenvalue weighted by Crippen LogP contribution is 2.34. The molecule has 0 aliphatic carbocycles. The van der Waals surface area contributed by atoms with Crippen molar-refractivity contribution in [1.29, 1.82) is 0 Å². The van der Waals surface area contributed by atoms with Gasteiger partial charge in [-0.15, -0.1) is 0 Å². The second kappa shape index (κ2) is 6.81. The first-order valence-corrected chi connectivity index (χ1v) is 9.48. The van der Waals surface area contributed by atoms with Crippen LogP contribution in [0.3, 0.4) is 0 Å². The lowest BCUT2D eigenvalue weighted by Gasteiger charge is -2.40. The third kappa shape index (κ3) is 2.96. The lowest BCUT2D eigenvalue weighted by atomic mass is 9.76. The second-order valence-corrected chi connectivity index (χ2v) is 7.38. The lowest BCUT2D eigenvalue weighted by molar-refractivity contribution is -0.126. The quantitative estimate of drug-likeness (QED) is 0.694. The molecule has 4 rings (SSSR count). The molecule has 9 heteroatoms. The summed E-state index contributed by atoms with van der Waals surface area (Å²) in [6, 6.07) is 4.92. The van der Waals surface area contributed by atoms with E-state index in [0.717, 1.165) is 5.76 Å². The number of furan rings is 1. The standard InChI is InChI=1S/C19H23N5O4/c1-3-19(17(26)20-18(27)21-19)12-6-8-24(9-7-12)16(25)14-10-13(22-23-14)15-5-4-11(2)28-15/h4-5,10,12H,3,6-9H2,1-2H3,(H,22,23)(H2,20,21,26,27). The average molecular weight is 385 g/mol. The molecule has 9 nitrogen and oxygen atoms in total. The summed E-state index contributed by atoms with van der Waals surface area (Å²) in [7, 11) is 0. The van der Waals surface area contributed by atoms with E-state index in [1.807, 2.05) is 26.0 Å². The Labute approximate surface area is 161 Å². The van der Waals surface area contributed by atoms with E-state index in [0.29, 0.717) is 49.5 Å². The number of urea groups is 1. The summed E-state index contributed by atoms with van der Waals surface area (Å²) in [6.45, 7) is 4.77. The molecule has 148 valence electrons. The Morgan fingerprint density at radius 3 is 2.64 bits per heavy atom. The van der Waals surface area contributed by atoms with Gasteiger partial charge in [0.15, 0.2) is 11.5 Å². The summed E-state index contributed by atoms with van der Waals surface area (Å²) < 4.78 is 5.55. The molecule has 0 aromatic carbocycles. The molecule has 2 saturated heterocycles. The highest BCUT2D eigenvalue weighted by molar-refractivity contribution is 6.07. The summed E-state index contributed by atoms with van der Waals surface area (Å²) in [5.74, 6) is 0.988. The number of piperidine rings is 1. The van der Waals surface area contributed by atoms with Crippen molar-refractivity contribution in [3.8, 4) is 11.5 Å². The Morgan fingerprint density at radius 1 is 1.32 bits per heavy atom. The van der Waals surface area contributed by atoms with Gasteiger partial charge in [0.25, 0.3) is 11.8 Å². The number of H-pyrrole nitrogens is 1. The fourth-order valence-corrected chi connectivity index (χ4v) is 4.20. The molecule has 28 heavy (non-hydrogen) atoms. The number of nitrogens with zero attached hydrogens (tertiary/aromatic N) is 2. The first-order chi connectivity index (χ1) is 13.4. The van der Waals surface area contributed by atoms with Gasteiger partial charge in [-0.1, -0.05) is 6.92 Å². The van der Waals surface area contributed by atoms with Gasteiger partial charge in [-0.2, -0.15) is 5.10 Å². The largest absolute Gasteiger partial charge is 0.460 e. The van der Waals surface area contributed by atoms with E-state index in [2.05, 4.69) is 20.8 Å². The highest BCUT2D eigenvalue weighted by atomic mass is 16.3. The zero-order chi connectivity index (χ0) is 19.9. The number of rotatable bonds is 4. The van der Waals surface area contributed by atoms with Crippen LogP contribution < -0.4 is 10.6 Å². The predicted octanol–water partition coefficient (Wildman–Crippen LogP) is 1.82. The highest BCUT2D eigenvalue weighted by Gasteiger charge is 2.51. The molecule has 1 atom stereocenters. The monoisotopic (exact) mass is 385 g/mol. The van der Waals surface area contributed by atoms with Crippen LogP contribution in [0.25, 0.3) is 11.5 Å². The smallest absolute Gasteiger partial charge is 0.322 e. The van der Waals surface area contributed by atoms with Crippen LogP contribution in [0.2, 0.25) is 0 Å². The van der Waals surface area contributed by atoms with Gasteiger partial charge in [0.2, 0.25) is 0 Å². The Kier molecular flexibility index (Phi) is 4.44. The van der Waals surface area contributed by atoms with Crippen LogP contribution in [0.1, 0.15) is 42.4 Å². The van der Waals surface area contributed by atoms with Crippen molar-refractivity contribution in [3.05, 3.63) is 29.7 Å². The van der Waals surface area contributed by atoms with Crippen LogP contribution in [-0.4, -0.2) is 51.6 Å². The zero-order valence-electron chi connectivity index (χ0n) is 15.9. The van der Waals surface area contributed by atoms with Crippen LogP contribution in [0.5, 0.6) is 0 Å². The molecule has 1 unspecified atom stereocenters. The second-order valence-electron chi connectivity index (χ2n) is 7.38. The number of likely N-dealkylation sites (tertiary alicyclic amines) is 1. The summed E-state index contributed by atoms with van der Waals surface area (Å²) in [5, 5.41) is 12.1. The molecule has 2 aromatic rings. The molecule has 0 bridgehead atoms. The maximum atomic E-state index is 12.8. The minimum absolute atomic E-state index is 0.00570. The Hall–Kier alpha value is -3.10. The topological polar surface area (TPSA) is 120 Å².